The average Bonchev–Trinajstić information content (AvgIpc) is 2.90. The predicted octanol–water partition coefficient (Wildman–Crippen LogP) is 1.92. The third-order valence-corrected chi connectivity index (χ3v) is 4.06. The van der Waals surface area contributed by atoms with Gasteiger partial charge >= 0.3 is 6.18 Å². The van der Waals surface area contributed by atoms with Gasteiger partial charge in [0.1, 0.15) is 5.82 Å². The highest BCUT2D eigenvalue weighted by Crippen LogP contribution is 2.28. The van der Waals surface area contributed by atoms with Crippen LogP contribution in [0, 0.1) is 5.92 Å². The van der Waals surface area contributed by atoms with Crippen LogP contribution < -0.4 is 4.90 Å². The summed E-state index contributed by atoms with van der Waals surface area (Å²) in [7, 11) is 4.10. The predicted molar refractivity (Wildman–Crippen MR) is 79.3 cm³/mol. The van der Waals surface area contributed by atoms with Crippen molar-refractivity contribution in [1.82, 2.24) is 24.7 Å². The minimum atomic E-state index is -4.57. The molecule has 0 unspecified atom stereocenters. The molecule has 1 fully saturated rings. The van der Waals surface area contributed by atoms with Gasteiger partial charge in [-0.1, -0.05) is 0 Å². The minimum Gasteiger partial charge on any atom is -0.355 e. The van der Waals surface area contributed by atoms with Gasteiger partial charge in [-0.3, -0.25) is 0 Å². The van der Waals surface area contributed by atoms with Crippen molar-refractivity contribution in [2.75, 3.05) is 38.6 Å². The quantitative estimate of drug-likeness (QED) is 0.862. The Morgan fingerprint density at radius 3 is 2.48 bits per heavy atom. The van der Waals surface area contributed by atoms with E-state index < -0.39 is 12.0 Å². The number of anilines is 1. The second kappa shape index (κ2) is 5.95. The monoisotopic (exact) mass is 328 g/mol. The lowest BCUT2D eigenvalue weighted by Gasteiger charge is -2.33. The second-order valence-corrected chi connectivity index (χ2v) is 6.18. The third-order valence-electron chi connectivity index (χ3n) is 4.06. The van der Waals surface area contributed by atoms with Crippen LogP contribution in [0.3, 0.4) is 0 Å². The van der Waals surface area contributed by atoms with E-state index in [0.29, 0.717) is 11.7 Å². The first-order valence-corrected chi connectivity index (χ1v) is 7.54. The number of hydrogen-bond acceptors (Lipinski definition) is 5. The van der Waals surface area contributed by atoms with Crippen molar-refractivity contribution < 1.29 is 13.2 Å². The molecule has 2 aromatic heterocycles. The Balaban J connectivity index is 1.79. The summed E-state index contributed by atoms with van der Waals surface area (Å²) in [6.45, 7) is 2.62. The van der Waals surface area contributed by atoms with Crippen LogP contribution in [0.5, 0.6) is 0 Å². The number of halogens is 3. The third kappa shape index (κ3) is 3.39. The molecule has 1 saturated heterocycles. The van der Waals surface area contributed by atoms with E-state index >= 15 is 0 Å². The van der Waals surface area contributed by atoms with Crippen molar-refractivity contribution >= 4 is 11.5 Å². The summed E-state index contributed by atoms with van der Waals surface area (Å²) < 4.78 is 39.5. The van der Waals surface area contributed by atoms with Crippen LogP contribution in [-0.2, 0) is 6.18 Å². The van der Waals surface area contributed by atoms with Crippen LogP contribution in [0.15, 0.2) is 12.1 Å². The van der Waals surface area contributed by atoms with Crippen molar-refractivity contribution in [2.45, 2.75) is 19.0 Å². The summed E-state index contributed by atoms with van der Waals surface area (Å²) >= 11 is 0. The molecule has 0 amide bonds. The topological polar surface area (TPSA) is 49.6 Å². The van der Waals surface area contributed by atoms with Gasteiger partial charge in [-0.25, -0.2) is 0 Å². The van der Waals surface area contributed by atoms with Gasteiger partial charge in [-0.15, -0.1) is 15.3 Å². The van der Waals surface area contributed by atoms with E-state index in [1.165, 1.54) is 6.07 Å². The lowest BCUT2D eigenvalue weighted by molar-refractivity contribution is -0.146. The molecule has 0 aliphatic carbocycles. The summed E-state index contributed by atoms with van der Waals surface area (Å²) in [5.74, 6) is 0.0635. The summed E-state index contributed by atoms with van der Waals surface area (Å²) in [6.07, 6.45) is -2.55. The maximum atomic E-state index is 12.9. The maximum Gasteiger partial charge on any atom is 0.453 e. The Labute approximate surface area is 131 Å². The Kier molecular flexibility index (Phi) is 4.13. The molecule has 3 heterocycles. The fourth-order valence-corrected chi connectivity index (χ4v) is 2.99. The van der Waals surface area contributed by atoms with Gasteiger partial charge in [0.2, 0.25) is 0 Å². The molecular formula is C14H19F3N6. The fourth-order valence-electron chi connectivity index (χ4n) is 2.99. The zero-order valence-corrected chi connectivity index (χ0v) is 13.1. The molecule has 6 nitrogen and oxygen atoms in total. The van der Waals surface area contributed by atoms with Crippen LogP contribution in [0.1, 0.15) is 18.7 Å². The Morgan fingerprint density at radius 1 is 1.17 bits per heavy atom. The van der Waals surface area contributed by atoms with Crippen LogP contribution in [0.25, 0.3) is 5.65 Å². The molecule has 0 atom stereocenters. The second-order valence-electron chi connectivity index (χ2n) is 6.18. The Hall–Kier alpha value is -1.90. The van der Waals surface area contributed by atoms with Crippen molar-refractivity contribution in [2.24, 2.45) is 5.92 Å². The van der Waals surface area contributed by atoms with Crippen LogP contribution in [0.2, 0.25) is 0 Å². The van der Waals surface area contributed by atoms with Gasteiger partial charge in [0.25, 0.3) is 5.82 Å². The van der Waals surface area contributed by atoms with E-state index in [-0.39, 0.29) is 5.65 Å². The first-order chi connectivity index (χ1) is 10.8. The smallest absolute Gasteiger partial charge is 0.355 e. The Bertz CT molecular complexity index is 673. The van der Waals surface area contributed by atoms with Gasteiger partial charge < -0.3 is 9.80 Å². The molecule has 0 spiro atoms. The van der Waals surface area contributed by atoms with Crippen molar-refractivity contribution in [3.05, 3.63) is 18.0 Å². The van der Waals surface area contributed by atoms with Crippen LogP contribution in [0.4, 0.5) is 19.0 Å². The summed E-state index contributed by atoms with van der Waals surface area (Å²) in [5.41, 5.74) is 0.101. The van der Waals surface area contributed by atoms with E-state index in [4.69, 9.17) is 0 Å². The van der Waals surface area contributed by atoms with Gasteiger partial charge in [0.05, 0.1) is 0 Å². The lowest BCUT2D eigenvalue weighted by atomic mass is 9.96. The Morgan fingerprint density at radius 2 is 1.87 bits per heavy atom. The standard InChI is InChI=1S/C14H19F3N6/c1-21(2)9-10-5-7-22(8-6-10)12-4-3-11-18-19-13(14(15,16)17)23(11)20-12/h3-4,10H,5-9H2,1-2H3. The number of aromatic nitrogens is 4. The van der Waals surface area contributed by atoms with Crippen LogP contribution in [-0.4, -0.2) is 58.4 Å². The number of hydrogen-bond donors (Lipinski definition) is 0. The molecule has 0 N–H and O–H groups in total. The number of alkyl halides is 3. The van der Waals surface area contributed by atoms with Crippen LogP contribution >= 0.6 is 0 Å². The minimum absolute atomic E-state index is 0.101. The van der Waals surface area contributed by atoms with E-state index in [0.717, 1.165) is 37.0 Å². The zero-order chi connectivity index (χ0) is 16.6. The highest BCUT2D eigenvalue weighted by atomic mass is 19.4. The molecule has 126 valence electrons. The SMILES string of the molecule is CN(C)CC1CCN(c2ccc3nnc(C(F)(F)F)n3n2)CC1. The molecule has 23 heavy (non-hydrogen) atoms. The first-order valence-electron chi connectivity index (χ1n) is 7.54. The molecule has 0 radical (unpaired) electrons. The van der Waals surface area contributed by atoms with Gasteiger partial charge in [0, 0.05) is 19.6 Å². The van der Waals surface area contributed by atoms with E-state index in [1.54, 1.807) is 6.07 Å². The van der Waals surface area contributed by atoms with Crippen molar-refractivity contribution in [3.63, 3.8) is 0 Å². The van der Waals surface area contributed by atoms with Gasteiger partial charge in [0.15, 0.2) is 5.65 Å². The van der Waals surface area contributed by atoms with E-state index in [9.17, 15) is 13.2 Å². The van der Waals surface area contributed by atoms with Gasteiger partial charge in [-0.05, 0) is 45.0 Å². The van der Waals surface area contributed by atoms with E-state index in [2.05, 4.69) is 20.2 Å². The number of fused-ring (bicyclic) bond motifs is 1. The zero-order valence-electron chi connectivity index (χ0n) is 13.1. The molecule has 0 aromatic carbocycles. The average molecular weight is 328 g/mol. The maximum absolute atomic E-state index is 12.9. The molecular weight excluding hydrogens is 309 g/mol. The summed E-state index contributed by atoms with van der Waals surface area (Å²) in [4.78, 5) is 4.18. The lowest BCUT2D eigenvalue weighted by Crippen LogP contribution is -2.37. The highest BCUT2D eigenvalue weighted by molar-refractivity contribution is 5.46. The number of piperidine rings is 1. The molecule has 1 aliphatic rings. The fraction of sp³-hybridized carbons (Fsp3) is 0.643. The number of nitrogens with zero attached hydrogens (tertiary/aromatic N) is 6. The van der Waals surface area contributed by atoms with Crippen molar-refractivity contribution in [1.29, 1.82) is 0 Å². The normalized spacial score (nSPS) is 17.4. The molecule has 0 saturated carbocycles. The molecule has 9 heteroatoms. The van der Waals surface area contributed by atoms with Gasteiger partial charge in [-0.2, -0.15) is 17.7 Å². The molecule has 3 rings (SSSR count). The largest absolute Gasteiger partial charge is 0.453 e. The molecule has 0 bridgehead atoms. The molecule has 2 aromatic rings. The summed E-state index contributed by atoms with van der Waals surface area (Å²) in [6, 6.07) is 3.23. The first kappa shape index (κ1) is 16.0. The van der Waals surface area contributed by atoms with E-state index in [1.807, 2.05) is 19.0 Å². The highest BCUT2D eigenvalue weighted by Gasteiger charge is 2.37. The summed E-state index contributed by atoms with van der Waals surface area (Å²) in [5, 5.41) is 10.8. The molecule has 1 aliphatic heterocycles. The van der Waals surface area contributed by atoms with Crippen molar-refractivity contribution in [3.8, 4) is 0 Å². The number of rotatable bonds is 3.